The van der Waals surface area contributed by atoms with E-state index in [0.29, 0.717) is 0 Å². The van der Waals surface area contributed by atoms with Crippen LogP contribution in [0.25, 0.3) is 0 Å². The maximum atomic E-state index is 12.8. The summed E-state index contributed by atoms with van der Waals surface area (Å²) in [6.45, 7) is 5.38. The van der Waals surface area contributed by atoms with Gasteiger partial charge in [-0.1, -0.05) is 32.9 Å². The Labute approximate surface area is 142 Å². The Hall–Kier alpha value is -1.40. The quantitative estimate of drug-likeness (QED) is 0.536. The van der Waals surface area contributed by atoms with Gasteiger partial charge in [-0.15, -0.1) is 0 Å². The van der Waals surface area contributed by atoms with Crippen molar-refractivity contribution in [3.63, 3.8) is 0 Å². The fraction of sp³-hybridized carbons (Fsp3) is 0.778. The normalized spacial score (nSPS) is 34.4. The number of hydrogen-bond acceptors (Lipinski definition) is 6. The molecular weight excluding hydrogens is 312 g/mol. The molecule has 0 spiro atoms. The fourth-order valence-corrected chi connectivity index (χ4v) is 4.28. The van der Waals surface area contributed by atoms with Gasteiger partial charge in [0.1, 0.15) is 13.2 Å². The maximum absolute atomic E-state index is 12.8. The van der Waals surface area contributed by atoms with Gasteiger partial charge in [0.05, 0.1) is 25.0 Å². The Bertz CT molecular complexity index is 514. The van der Waals surface area contributed by atoms with Gasteiger partial charge in [0.15, 0.2) is 0 Å². The van der Waals surface area contributed by atoms with Gasteiger partial charge in [0.2, 0.25) is 0 Å². The van der Waals surface area contributed by atoms with Crippen LogP contribution in [-0.2, 0) is 19.1 Å². The van der Waals surface area contributed by atoms with E-state index >= 15 is 0 Å². The van der Waals surface area contributed by atoms with E-state index in [-0.39, 0.29) is 32.3 Å². The zero-order valence-electron chi connectivity index (χ0n) is 14.7. The first-order valence-corrected chi connectivity index (χ1v) is 8.58. The smallest absolute Gasteiger partial charge is 0.310 e. The number of fused-ring (bicyclic) bond motifs is 2. The fourth-order valence-electron chi connectivity index (χ4n) is 4.28. The minimum absolute atomic E-state index is 0.0810. The Morgan fingerprint density at radius 2 is 1.58 bits per heavy atom. The number of carbonyl (C=O) groups excluding carboxylic acids is 2. The zero-order valence-corrected chi connectivity index (χ0v) is 14.7. The Morgan fingerprint density at radius 3 is 2.00 bits per heavy atom. The molecule has 6 nitrogen and oxygen atoms in total. The Balaban J connectivity index is 2.42. The van der Waals surface area contributed by atoms with Gasteiger partial charge in [0.25, 0.3) is 0 Å². The molecule has 1 fully saturated rings. The molecule has 0 saturated heterocycles. The third-order valence-corrected chi connectivity index (χ3v) is 5.75. The summed E-state index contributed by atoms with van der Waals surface area (Å²) < 4.78 is 10.4. The number of hydrogen-bond donors (Lipinski definition) is 2. The average molecular weight is 340 g/mol. The van der Waals surface area contributed by atoms with E-state index in [2.05, 4.69) is 6.08 Å². The molecule has 4 atom stereocenters. The number of aliphatic hydroxyl groups excluding tert-OH is 2. The minimum atomic E-state index is -0.642. The van der Waals surface area contributed by atoms with Crippen LogP contribution in [-0.4, -0.2) is 48.6 Å². The van der Waals surface area contributed by atoms with Crippen LogP contribution in [0, 0.1) is 28.6 Å². The third-order valence-electron chi connectivity index (χ3n) is 5.75. The van der Waals surface area contributed by atoms with Crippen LogP contribution in [0.4, 0.5) is 0 Å². The molecule has 136 valence electrons. The highest BCUT2D eigenvalue weighted by atomic mass is 16.5. The van der Waals surface area contributed by atoms with E-state index in [1.807, 2.05) is 26.8 Å². The van der Waals surface area contributed by atoms with Crippen molar-refractivity contribution in [2.75, 3.05) is 26.4 Å². The van der Waals surface area contributed by atoms with Crippen LogP contribution in [0.2, 0.25) is 0 Å². The molecule has 24 heavy (non-hydrogen) atoms. The lowest BCUT2D eigenvalue weighted by Crippen LogP contribution is -2.58. The predicted molar refractivity (Wildman–Crippen MR) is 86.8 cm³/mol. The summed E-state index contributed by atoms with van der Waals surface area (Å²) in [6, 6.07) is 0. The lowest BCUT2D eigenvalue weighted by atomic mass is 9.46. The third kappa shape index (κ3) is 3.09. The largest absolute Gasteiger partial charge is 0.463 e. The summed E-state index contributed by atoms with van der Waals surface area (Å²) in [5, 5.41) is 17.9. The second kappa shape index (κ2) is 7.23. The summed E-state index contributed by atoms with van der Waals surface area (Å²) in [5.74, 6) is -2.06. The molecule has 2 bridgehead atoms. The van der Waals surface area contributed by atoms with Crippen molar-refractivity contribution in [2.24, 2.45) is 28.6 Å². The van der Waals surface area contributed by atoms with E-state index < -0.39 is 34.6 Å². The molecule has 3 aliphatic rings. The summed E-state index contributed by atoms with van der Waals surface area (Å²) in [6.07, 6.45) is 5.71. The van der Waals surface area contributed by atoms with Gasteiger partial charge in [-0.3, -0.25) is 9.59 Å². The van der Waals surface area contributed by atoms with Gasteiger partial charge >= 0.3 is 11.9 Å². The molecule has 3 aliphatic carbocycles. The average Bonchev–Trinajstić information content (AvgIpc) is 2.56. The molecule has 0 aromatic rings. The number of allylic oxidation sites excluding steroid dienone is 2. The van der Waals surface area contributed by atoms with Crippen molar-refractivity contribution < 1.29 is 29.3 Å². The Kier molecular flexibility index (Phi) is 5.71. The molecule has 0 radical (unpaired) electrons. The van der Waals surface area contributed by atoms with Crippen LogP contribution in [0.5, 0.6) is 0 Å². The predicted octanol–water partition coefficient (Wildman–Crippen LogP) is 1.30. The second-order valence-corrected chi connectivity index (χ2v) is 7.34. The Morgan fingerprint density at radius 1 is 1.04 bits per heavy atom. The SMILES string of the molecule is CC(C)C12C=CC(C)(CC1)C(C(=O)OCCO)C2C(=O)OCCO. The first kappa shape index (κ1) is 18.9. The van der Waals surface area contributed by atoms with E-state index in [1.165, 1.54) is 0 Å². The first-order valence-electron chi connectivity index (χ1n) is 8.58. The molecule has 0 aromatic heterocycles. The topological polar surface area (TPSA) is 93.1 Å². The number of aliphatic hydroxyl groups is 2. The second-order valence-electron chi connectivity index (χ2n) is 7.34. The number of rotatable bonds is 7. The van der Waals surface area contributed by atoms with Crippen LogP contribution in [0.1, 0.15) is 33.6 Å². The van der Waals surface area contributed by atoms with Gasteiger partial charge in [-0.2, -0.15) is 0 Å². The van der Waals surface area contributed by atoms with Crippen LogP contribution < -0.4 is 0 Å². The van der Waals surface area contributed by atoms with Gasteiger partial charge in [-0.05, 0) is 24.2 Å². The van der Waals surface area contributed by atoms with E-state index in [0.717, 1.165) is 12.8 Å². The highest BCUT2D eigenvalue weighted by Gasteiger charge is 2.62. The van der Waals surface area contributed by atoms with Crippen LogP contribution in [0.15, 0.2) is 12.2 Å². The van der Waals surface area contributed by atoms with Crippen molar-refractivity contribution >= 4 is 11.9 Å². The van der Waals surface area contributed by atoms with Crippen LogP contribution >= 0.6 is 0 Å². The number of carbonyl (C=O) groups is 2. The molecule has 4 unspecified atom stereocenters. The zero-order chi connectivity index (χ0) is 18.0. The minimum Gasteiger partial charge on any atom is -0.463 e. The standard InChI is InChI=1S/C18H28O6/c1-12(2)18-6-4-17(3,5-7-18)13(15(21)23-10-8-19)14(18)16(22)24-11-9-20/h4,6,12-14,19-20H,5,7-11H2,1-3H3. The highest BCUT2D eigenvalue weighted by Crippen LogP contribution is 2.62. The van der Waals surface area contributed by atoms with E-state index in [9.17, 15) is 9.59 Å². The van der Waals surface area contributed by atoms with Gasteiger partial charge in [-0.25, -0.2) is 0 Å². The number of esters is 2. The molecule has 1 saturated carbocycles. The molecule has 0 aromatic carbocycles. The molecule has 6 heteroatoms. The molecular formula is C18H28O6. The van der Waals surface area contributed by atoms with Crippen molar-refractivity contribution in [3.8, 4) is 0 Å². The molecule has 0 amide bonds. The molecule has 0 aliphatic heterocycles. The van der Waals surface area contributed by atoms with Gasteiger partial charge in [0, 0.05) is 5.41 Å². The van der Waals surface area contributed by atoms with Crippen molar-refractivity contribution in [2.45, 2.75) is 33.6 Å². The maximum Gasteiger partial charge on any atom is 0.310 e. The van der Waals surface area contributed by atoms with E-state index in [4.69, 9.17) is 19.7 Å². The lowest BCUT2D eigenvalue weighted by molar-refractivity contribution is -0.181. The van der Waals surface area contributed by atoms with Gasteiger partial charge < -0.3 is 19.7 Å². The van der Waals surface area contributed by atoms with Crippen LogP contribution in [0.3, 0.4) is 0 Å². The molecule has 3 rings (SSSR count). The monoisotopic (exact) mass is 340 g/mol. The summed E-state index contributed by atoms with van der Waals surface area (Å²) in [5.41, 5.74) is -0.917. The van der Waals surface area contributed by atoms with Crippen molar-refractivity contribution in [1.29, 1.82) is 0 Å². The highest BCUT2D eigenvalue weighted by molar-refractivity contribution is 5.85. The lowest BCUT2D eigenvalue weighted by Gasteiger charge is -2.57. The van der Waals surface area contributed by atoms with E-state index in [1.54, 1.807) is 0 Å². The molecule has 0 heterocycles. The van der Waals surface area contributed by atoms with Crippen molar-refractivity contribution in [3.05, 3.63) is 12.2 Å². The van der Waals surface area contributed by atoms with Crippen molar-refractivity contribution in [1.82, 2.24) is 0 Å². The summed E-state index contributed by atoms with van der Waals surface area (Å²) in [7, 11) is 0. The number of ether oxygens (including phenoxy) is 2. The summed E-state index contributed by atoms with van der Waals surface area (Å²) >= 11 is 0. The summed E-state index contributed by atoms with van der Waals surface area (Å²) in [4.78, 5) is 25.4. The first-order chi connectivity index (χ1) is 11.3. The molecule has 2 N–H and O–H groups in total.